The summed E-state index contributed by atoms with van der Waals surface area (Å²) in [6.07, 6.45) is 1.36. The molecule has 1 rings (SSSR count). The van der Waals surface area contributed by atoms with E-state index >= 15 is 0 Å². The van der Waals surface area contributed by atoms with E-state index < -0.39 is 0 Å². The number of benzene rings is 1. The molecule has 0 saturated heterocycles. The van der Waals surface area contributed by atoms with Gasteiger partial charge in [-0.15, -0.1) is 0 Å². The highest BCUT2D eigenvalue weighted by Gasteiger charge is 2.12. The second-order valence-corrected chi connectivity index (χ2v) is 5.53. The quantitative estimate of drug-likeness (QED) is 0.625. The molecule has 1 atom stereocenters. The summed E-state index contributed by atoms with van der Waals surface area (Å²) >= 11 is 7.03. The van der Waals surface area contributed by atoms with Crippen LogP contribution in [0.1, 0.15) is 30.1 Å². The third kappa shape index (κ3) is 4.99. The molecule has 0 aromatic heterocycles. The summed E-state index contributed by atoms with van der Waals surface area (Å²) in [5.74, 6) is -0.0772. The molecule has 0 heterocycles. The summed E-state index contributed by atoms with van der Waals surface area (Å²) in [6, 6.07) is 7.47. The fourth-order valence-electron chi connectivity index (χ4n) is 1.44. The normalized spacial score (nSPS) is 11.9. The Kier molecular flexibility index (Phi) is 5.84. The van der Waals surface area contributed by atoms with Crippen molar-refractivity contribution in [3.8, 4) is 0 Å². The summed E-state index contributed by atoms with van der Waals surface area (Å²) < 4.78 is 1.04. The van der Waals surface area contributed by atoms with Gasteiger partial charge in [0, 0.05) is 21.6 Å². The van der Waals surface area contributed by atoms with E-state index in [1.165, 1.54) is 0 Å². The van der Waals surface area contributed by atoms with Crippen molar-refractivity contribution >= 4 is 45.7 Å². The number of halogens is 1. The summed E-state index contributed by atoms with van der Waals surface area (Å²) in [7, 11) is 0. The second-order valence-electron chi connectivity index (χ2n) is 3.76. The van der Waals surface area contributed by atoms with E-state index in [-0.39, 0.29) is 11.9 Å². The van der Waals surface area contributed by atoms with Gasteiger partial charge < -0.3 is 11.1 Å². The van der Waals surface area contributed by atoms with Gasteiger partial charge in [-0.05, 0) is 47.2 Å². The number of hydrogen-bond acceptors (Lipinski definition) is 2. The van der Waals surface area contributed by atoms with Crippen LogP contribution >= 0.6 is 34.8 Å². The number of rotatable bonds is 5. The molecule has 1 amide bonds. The van der Waals surface area contributed by atoms with Gasteiger partial charge in [-0.3, -0.25) is 4.79 Å². The molecule has 0 radical (unpaired) electrons. The zero-order chi connectivity index (χ0) is 12.8. The first kappa shape index (κ1) is 14.4. The Balaban J connectivity index is 2.67. The molecule has 0 fully saturated rings. The number of carbonyl (C=O) groups is 1. The second kappa shape index (κ2) is 6.90. The molecule has 0 aliphatic heterocycles. The first-order chi connectivity index (χ1) is 8.02. The van der Waals surface area contributed by atoms with Crippen molar-refractivity contribution in [1.82, 2.24) is 5.32 Å². The maximum Gasteiger partial charge on any atom is 0.251 e. The topological polar surface area (TPSA) is 55.1 Å². The van der Waals surface area contributed by atoms with Crippen molar-refractivity contribution in [3.63, 3.8) is 0 Å². The Hall–Kier alpha value is -0.690. The van der Waals surface area contributed by atoms with Crippen LogP contribution < -0.4 is 11.1 Å². The molecule has 3 N–H and O–H groups in total. The fourth-order valence-corrected chi connectivity index (χ4v) is 2.18. The molecule has 1 unspecified atom stereocenters. The van der Waals surface area contributed by atoms with Gasteiger partial charge in [0.2, 0.25) is 0 Å². The average Bonchev–Trinajstić information content (AvgIpc) is 2.27. The van der Waals surface area contributed by atoms with E-state index in [9.17, 15) is 4.79 Å². The molecule has 0 aliphatic rings. The molecule has 92 valence electrons. The van der Waals surface area contributed by atoms with E-state index in [1.54, 1.807) is 6.07 Å². The highest BCUT2D eigenvalue weighted by atomic mass is 127. The van der Waals surface area contributed by atoms with Crippen molar-refractivity contribution in [1.29, 1.82) is 0 Å². The summed E-state index contributed by atoms with van der Waals surface area (Å²) in [6.45, 7) is 2.00. The zero-order valence-corrected chi connectivity index (χ0v) is 12.5. The van der Waals surface area contributed by atoms with Crippen LogP contribution in [0.5, 0.6) is 0 Å². The SMILES string of the molecule is CCC(CC(N)=S)NC(=O)c1cccc(I)c1. The van der Waals surface area contributed by atoms with Gasteiger partial charge in [0.15, 0.2) is 0 Å². The highest BCUT2D eigenvalue weighted by Crippen LogP contribution is 2.08. The number of thiocarbonyl (C=S) groups is 1. The van der Waals surface area contributed by atoms with Gasteiger partial charge in [0.05, 0.1) is 4.99 Å². The molecule has 0 spiro atoms. The molecule has 3 nitrogen and oxygen atoms in total. The monoisotopic (exact) mass is 362 g/mol. The third-order valence-electron chi connectivity index (χ3n) is 2.36. The first-order valence-electron chi connectivity index (χ1n) is 5.37. The molecule has 1 aromatic carbocycles. The summed E-state index contributed by atoms with van der Waals surface area (Å²) in [5.41, 5.74) is 6.15. The molecular weight excluding hydrogens is 347 g/mol. The molecule has 0 saturated carbocycles. The Labute approximate surface area is 120 Å². The Morgan fingerprint density at radius 1 is 1.59 bits per heavy atom. The lowest BCUT2D eigenvalue weighted by Gasteiger charge is -2.16. The predicted octanol–water partition coefficient (Wildman–Crippen LogP) is 2.48. The minimum Gasteiger partial charge on any atom is -0.393 e. The number of hydrogen-bond donors (Lipinski definition) is 2. The lowest BCUT2D eigenvalue weighted by atomic mass is 10.1. The lowest BCUT2D eigenvalue weighted by Crippen LogP contribution is -2.37. The molecular formula is C12H15IN2OS. The van der Waals surface area contributed by atoms with E-state index in [4.69, 9.17) is 18.0 Å². The number of nitrogens with two attached hydrogens (primary N) is 1. The van der Waals surface area contributed by atoms with Gasteiger partial charge in [-0.2, -0.15) is 0 Å². The zero-order valence-electron chi connectivity index (χ0n) is 9.57. The van der Waals surface area contributed by atoms with Crippen molar-refractivity contribution in [2.45, 2.75) is 25.8 Å². The van der Waals surface area contributed by atoms with E-state index in [0.29, 0.717) is 17.0 Å². The van der Waals surface area contributed by atoms with Crippen LogP contribution in [-0.2, 0) is 0 Å². The van der Waals surface area contributed by atoms with Crippen molar-refractivity contribution in [2.75, 3.05) is 0 Å². The van der Waals surface area contributed by atoms with E-state index in [2.05, 4.69) is 27.9 Å². The minimum atomic E-state index is -0.0772. The summed E-state index contributed by atoms with van der Waals surface area (Å²) in [5, 5.41) is 2.93. The predicted molar refractivity (Wildman–Crippen MR) is 82.1 cm³/mol. The minimum absolute atomic E-state index is 0.0119. The maximum absolute atomic E-state index is 11.9. The molecule has 0 aliphatic carbocycles. The third-order valence-corrected chi connectivity index (χ3v) is 3.20. The van der Waals surface area contributed by atoms with E-state index in [0.717, 1.165) is 9.99 Å². The standard InChI is InChI=1S/C12H15IN2OS/c1-2-10(7-11(14)17)15-12(16)8-4-3-5-9(13)6-8/h3-6,10H,2,7H2,1H3,(H2,14,17)(H,15,16). The largest absolute Gasteiger partial charge is 0.393 e. The number of nitrogens with one attached hydrogen (secondary N) is 1. The number of carbonyl (C=O) groups excluding carboxylic acids is 1. The van der Waals surface area contributed by atoms with Crippen LogP contribution in [0.4, 0.5) is 0 Å². The van der Waals surface area contributed by atoms with Gasteiger partial charge in [0.25, 0.3) is 5.91 Å². The molecule has 5 heteroatoms. The number of amides is 1. The first-order valence-corrected chi connectivity index (χ1v) is 6.86. The lowest BCUT2D eigenvalue weighted by molar-refractivity contribution is 0.0937. The smallest absolute Gasteiger partial charge is 0.251 e. The van der Waals surface area contributed by atoms with Crippen LogP contribution in [0, 0.1) is 3.57 Å². The van der Waals surface area contributed by atoms with Gasteiger partial charge in [-0.1, -0.05) is 25.2 Å². The van der Waals surface area contributed by atoms with E-state index in [1.807, 2.05) is 25.1 Å². The molecule has 17 heavy (non-hydrogen) atoms. The van der Waals surface area contributed by atoms with Crippen LogP contribution in [-0.4, -0.2) is 16.9 Å². The van der Waals surface area contributed by atoms with Gasteiger partial charge >= 0.3 is 0 Å². The maximum atomic E-state index is 11.9. The molecule has 0 bridgehead atoms. The van der Waals surface area contributed by atoms with Gasteiger partial charge in [-0.25, -0.2) is 0 Å². The van der Waals surface area contributed by atoms with Crippen LogP contribution in [0.15, 0.2) is 24.3 Å². The molecule has 1 aromatic rings. The Morgan fingerprint density at radius 3 is 2.82 bits per heavy atom. The Morgan fingerprint density at radius 2 is 2.29 bits per heavy atom. The Bertz CT molecular complexity index is 423. The fraction of sp³-hybridized carbons (Fsp3) is 0.333. The highest BCUT2D eigenvalue weighted by molar-refractivity contribution is 14.1. The van der Waals surface area contributed by atoms with Crippen molar-refractivity contribution in [2.24, 2.45) is 5.73 Å². The van der Waals surface area contributed by atoms with Crippen LogP contribution in [0.25, 0.3) is 0 Å². The van der Waals surface area contributed by atoms with Crippen molar-refractivity contribution < 1.29 is 4.79 Å². The summed E-state index contributed by atoms with van der Waals surface area (Å²) in [4.78, 5) is 12.4. The van der Waals surface area contributed by atoms with Crippen LogP contribution in [0.2, 0.25) is 0 Å². The van der Waals surface area contributed by atoms with Gasteiger partial charge in [0.1, 0.15) is 0 Å². The van der Waals surface area contributed by atoms with Crippen molar-refractivity contribution in [3.05, 3.63) is 33.4 Å². The van der Waals surface area contributed by atoms with Crippen LogP contribution in [0.3, 0.4) is 0 Å². The average molecular weight is 362 g/mol.